The van der Waals surface area contributed by atoms with Gasteiger partial charge in [-0.15, -0.1) is 0 Å². The molecule has 1 aliphatic carbocycles. The van der Waals surface area contributed by atoms with E-state index in [9.17, 15) is 4.39 Å². The van der Waals surface area contributed by atoms with Crippen LogP contribution in [0, 0.1) is 0 Å². The Kier molecular flexibility index (Phi) is 2.97. The van der Waals surface area contributed by atoms with Crippen molar-refractivity contribution in [3.05, 3.63) is 24.5 Å². The highest BCUT2D eigenvalue weighted by atomic mass is 19.1. The number of halogens is 1. The molecule has 0 spiro atoms. The third-order valence-corrected chi connectivity index (χ3v) is 3.97. The second-order valence-corrected chi connectivity index (χ2v) is 4.89. The molecule has 0 radical (unpaired) electrons. The van der Waals surface area contributed by atoms with Gasteiger partial charge in [0.25, 0.3) is 0 Å². The van der Waals surface area contributed by atoms with E-state index in [0.29, 0.717) is 0 Å². The largest absolute Gasteiger partial charge is 0.369 e. The molecule has 3 rings (SSSR count). The van der Waals surface area contributed by atoms with Crippen LogP contribution < -0.4 is 4.90 Å². The smallest absolute Gasteiger partial charge is 0.116 e. The van der Waals surface area contributed by atoms with Crippen molar-refractivity contribution < 1.29 is 4.39 Å². The van der Waals surface area contributed by atoms with E-state index in [4.69, 9.17) is 0 Å². The van der Waals surface area contributed by atoms with Crippen molar-refractivity contribution in [1.29, 1.82) is 0 Å². The molecular weight excluding hydrogens is 217 g/mol. The van der Waals surface area contributed by atoms with Gasteiger partial charge in [0.15, 0.2) is 0 Å². The Morgan fingerprint density at radius 3 is 2.29 bits per heavy atom. The maximum absolute atomic E-state index is 13.3. The van der Waals surface area contributed by atoms with Crippen LogP contribution in [0.2, 0.25) is 0 Å². The second-order valence-electron chi connectivity index (χ2n) is 4.89. The van der Waals surface area contributed by atoms with Crippen molar-refractivity contribution in [3.8, 4) is 0 Å². The molecule has 2 unspecified atom stereocenters. The molecule has 1 saturated carbocycles. The van der Waals surface area contributed by atoms with E-state index in [1.807, 2.05) is 24.5 Å². The first-order chi connectivity index (χ1) is 8.34. The predicted molar refractivity (Wildman–Crippen MR) is 65.9 cm³/mol. The minimum atomic E-state index is -0.581. The van der Waals surface area contributed by atoms with E-state index < -0.39 is 6.17 Å². The summed E-state index contributed by atoms with van der Waals surface area (Å²) in [6, 6.07) is 4.28. The van der Waals surface area contributed by atoms with Crippen molar-refractivity contribution >= 4 is 5.69 Å². The zero-order valence-electron chi connectivity index (χ0n) is 9.93. The van der Waals surface area contributed by atoms with Crippen LogP contribution in [-0.4, -0.2) is 48.3 Å². The van der Waals surface area contributed by atoms with E-state index in [0.717, 1.165) is 39.0 Å². The van der Waals surface area contributed by atoms with Crippen LogP contribution in [0.25, 0.3) is 0 Å². The van der Waals surface area contributed by atoms with Gasteiger partial charge in [0.1, 0.15) is 6.17 Å². The number of alkyl halides is 1. The molecule has 1 aliphatic heterocycles. The Hall–Kier alpha value is -1.16. The molecule has 17 heavy (non-hydrogen) atoms. The highest BCUT2D eigenvalue weighted by molar-refractivity contribution is 5.44. The second kappa shape index (κ2) is 4.61. The van der Waals surface area contributed by atoms with Crippen molar-refractivity contribution in [2.75, 3.05) is 31.1 Å². The lowest BCUT2D eigenvalue weighted by molar-refractivity contribution is 0.0314. The lowest BCUT2D eigenvalue weighted by atomic mass is 9.88. The summed E-state index contributed by atoms with van der Waals surface area (Å²) in [5, 5.41) is 0. The molecule has 92 valence electrons. The first-order valence-electron chi connectivity index (χ1n) is 6.38. The Morgan fingerprint density at radius 2 is 1.76 bits per heavy atom. The van der Waals surface area contributed by atoms with Crippen LogP contribution in [0.15, 0.2) is 24.5 Å². The van der Waals surface area contributed by atoms with E-state index in [-0.39, 0.29) is 6.04 Å². The van der Waals surface area contributed by atoms with Crippen LogP contribution in [0.3, 0.4) is 0 Å². The van der Waals surface area contributed by atoms with Gasteiger partial charge in [-0.3, -0.25) is 9.88 Å². The Bertz CT molecular complexity index is 362. The van der Waals surface area contributed by atoms with Gasteiger partial charge in [0.2, 0.25) is 0 Å². The fourth-order valence-electron chi connectivity index (χ4n) is 2.72. The molecule has 2 fully saturated rings. The summed E-state index contributed by atoms with van der Waals surface area (Å²) in [6.45, 7) is 3.95. The third kappa shape index (κ3) is 2.14. The van der Waals surface area contributed by atoms with E-state index in [1.165, 1.54) is 5.69 Å². The lowest BCUT2D eigenvalue weighted by Crippen LogP contribution is -2.56. The molecule has 2 atom stereocenters. The van der Waals surface area contributed by atoms with Gasteiger partial charge >= 0.3 is 0 Å². The molecule has 0 aromatic carbocycles. The van der Waals surface area contributed by atoms with Gasteiger partial charge in [-0.25, -0.2) is 4.39 Å². The highest BCUT2D eigenvalue weighted by Crippen LogP contribution is 2.29. The van der Waals surface area contributed by atoms with Crippen LogP contribution >= 0.6 is 0 Å². The van der Waals surface area contributed by atoms with Gasteiger partial charge in [-0.1, -0.05) is 0 Å². The molecule has 0 amide bonds. The monoisotopic (exact) mass is 235 g/mol. The van der Waals surface area contributed by atoms with Crippen molar-refractivity contribution in [2.45, 2.75) is 25.1 Å². The van der Waals surface area contributed by atoms with Crippen molar-refractivity contribution in [3.63, 3.8) is 0 Å². The fourth-order valence-corrected chi connectivity index (χ4v) is 2.72. The minimum Gasteiger partial charge on any atom is -0.369 e. The van der Waals surface area contributed by atoms with Crippen LogP contribution in [0.4, 0.5) is 10.1 Å². The summed E-state index contributed by atoms with van der Waals surface area (Å²) in [4.78, 5) is 8.69. The maximum atomic E-state index is 13.3. The number of anilines is 1. The molecule has 0 N–H and O–H groups in total. The number of piperazine rings is 1. The van der Waals surface area contributed by atoms with Gasteiger partial charge < -0.3 is 4.90 Å². The summed E-state index contributed by atoms with van der Waals surface area (Å²) in [7, 11) is 0. The van der Waals surface area contributed by atoms with Crippen LogP contribution in [0.1, 0.15) is 12.8 Å². The minimum absolute atomic E-state index is 0.203. The van der Waals surface area contributed by atoms with Gasteiger partial charge in [0.05, 0.1) is 0 Å². The molecule has 2 aliphatic rings. The Balaban J connectivity index is 1.57. The zero-order chi connectivity index (χ0) is 11.7. The van der Waals surface area contributed by atoms with Crippen molar-refractivity contribution in [1.82, 2.24) is 9.88 Å². The quantitative estimate of drug-likeness (QED) is 0.778. The number of pyridine rings is 1. The number of rotatable bonds is 2. The molecule has 2 heterocycles. The maximum Gasteiger partial charge on any atom is 0.116 e. The normalized spacial score (nSPS) is 30.1. The van der Waals surface area contributed by atoms with Gasteiger partial charge in [0, 0.05) is 50.3 Å². The Labute approximate surface area is 101 Å². The summed E-state index contributed by atoms with van der Waals surface area (Å²) in [5.74, 6) is 0. The standard InChI is InChI=1S/C13H18FN3/c14-12-1-2-13(12)17-9-7-16(8-10-17)11-3-5-15-6-4-11/h3-6,12-13H,1-2,7-10H2. The molecule has 0 bridgehead atoms. The average Bonchev–Trinajstić information content (AvgIpc) is 2.39. The summed E-state index contributed by atoms with van der Waals surface area (Å²) < 4.78 is 13.3. The lowest BCUT2D eigenvalue weighted by Gasteiger charge is -2.45. The molecule has 1 aromatic heterocycles. The van der Waals surface area contributed by atoms with E-state index in [2.05, 4.69) is 14.8 Å². The molecule has 4 heteroatoms. The third-order valence-electron chi connectivity index (χ3n) is 3.97. The number of aromatic nitrogens is 1. The molecular formula is C13H18FN3. The fraction of sp³-hybridized carbons (Fsp3) is 0.615. The number of hydrogen-bond acceptors (Lipinski definition) is 3. The average molecular weight is 235 g/mol. The Morgan fingerprint density at radius 1 is 1.06 bits per heavy atom. The highest BCUT2D eigenvalue weighted by Gasteiger charge is 2.36. The van der Waals surface area contributed by atoms with Crippen LogP contribution in [0.5, 0.6) is 0 Å². The molecule has 1 aromatic rings. The predicted octanol–water partition coefficient (Wildman–Crippen LogP) is 1.70. The van der Waals surface area contributed by atoms with Crippen LogP contribution in [-0.2, 0) is 0 Å². The summed E-state index contributed by atoms with van der Waals surface area (Å²) in [5.41, 5.74) is 1.23. The molecule has 1 saturated heterocycles. The van der Waals surface area contributed by atoms with Crippen molar-refractivity contribution in [2.24, 2.45) is 0 Å². The number of hydrogen-bond donors (Lipinski definition) is 0. The molecule has 3 nitrogen and oxygen atoms in total. The van der Waals surface area contributed by atoms with Gasteiger partial charge in [-0.05, 0) is 25.0 Å². The first-order valence-corrected chi connectivity index (χ1v) is 6.38. The number of nitrogens with zero attached hydrogens (tertiary/aromatic N) is 3. The summed E-state index contributed by atoms with van der Waals surface area (Å²) >= 11 is 0. The van der Waals surface area contributed by atoms with Gasteiger partial charge in [-0.2, -0.15) is 0 Å². The topological polar surface area (TPSA) is 19.4 Å². The van der Waals surface area contributed by atoms with E-state index >= 15 is 0 Å². The first kappa shape index (κ1) is 11.0. The summed E-state index contributed by atoms with van der Waals surface area (Å²) in [6.07, 6.45) is 4.87. The zero-order valence-corrected chi connectivity index (χ0v) is 9.93. The van der Waals surface area contributed by atoms with E-state index in [1.54, 1.807) is 0 Å². The SMILES string of the molecule is FC1CCC1N1CCN(c2ccncc2)CC1.